The van der Waals surface area contributed by atoms with Crippen LogP contribution in [0.1, 0.15) is 30.1 Å². The van der Waals surface area contributed by atoms with E-state index in [0.717, 1.165) is 12.8 Å². The Hall–Kier alpha value is -2.11. The molecule has 1 fully saturated rings. The number of hydrogen-bond acceptors (Lipinski definition) is 4. The highest BCUT2D eigenvalue weighted by molar-refractivity contribution is 5.93. The maximum atomic E-state index is 11.8. The third-order valence-corrected chi connectivity index (χ3v) is 3.88. The minimum Gasteiger partial charge on any atom is -0.480 e. The summed E-state index contributed by atoms with van der Waals surface area (Å²) in [5.74, 6) is -0.237. The summed E-state index contributed by atoms with van der Waals surface area (Å²) in [7, 11) is 3.37. The topological polar surface area (TPSA) is 73.7 Å². The number of aromatic nitrogens is 1. The third-order valence-electron chi connectivity index (χ3n) is 3.88. The molecule has 6 nitrogen and oxygen atoms in total. The van der Waals surface area contributed by atoms with Crippen molar-refractivity contribution in [2.45, 2.75) is 25.8 Å². The maximum absolute atomic E-state index is 11.8. The Balaban J connectivity index is 2.24. The van der Waals surface area contributed by atoms with Crippen LogP contribution < -0.4 is 4.90 Å². The van der Waals surface area contributed by atoms with Gasteiger partial charge in [0, 0.05) is 26.8 Å². The Morgan fingerprint density at radius 2 is 2.10 bits per heavy atom. The van der Waals surface area contributed by atoms with Crippen LogP contribution in [-0.2, 0) is 4.79 Å². The molecule has 0 aromatic carbocycles. The van der Waals surface area contributed by atoms with Gasteiger partial charge in [0.2, 0.25) is 0 Å². The number of carboxylic acid groups (broad SMARTS) is 1. The summed E-state index contributed by atoms with van der Waals surface area (Å²) in [6.45, 7) is 2.63. The summed E-state index contributed by atoms with van der Waals surface area (Å²) < 4.78 is 0. The number of piperidine rings is 1. The second-order valence-electron chi connectivity index (χ2n) is 5.70. The predicted molar refractivity (Wildman–Crippen MR) is 79.4 cm³/mol. The highest BCUT2D eigenvalue weighted by Crippen LogP contribution is 2.27. The zero-order valence-corrected chi connectivity index (χ0v) is 12.6. The van der Waals surface area contributed by atoms with E-state index in [1.54, 1.807) is 26.2 Å². The molecule has 114 valence electrons. The standard InChI is InChI=1S/C15H21N3O3/c1-10-5-4-8-18(13(10)15(20)21)12-7-6-11(9-16-12)14(19)17(2)3/h6-7,9-10,13H,4-5,8H2,1-3H3,(H,20,21). The number of amides is 1. The lowest BCUT2D eigenvalue weighted by molar-refractivity contribution is -0.140. The highest BCUT2D eigenvalue weighted by Gasteiger charge is 2.34. The van der Waals surface area contributed by atoms with Gasteiger partial charge in [0.05, 0.1) is 5.56 Å². The van der Waals surface area contributed by atoms with E-state index >= 15 is 0 Å². The molecule has 1 amide bonds. The molecule has 0 aliphatic carbocycles. The Morgan fingerprint density at radius 3 is 2.62 bits per heavy atom. The first kappa shape index (κ1) is 15.3. The van der Waals surface area contributed by atoms with E-state index in [4.69, 9.17) is 0 Å². The van der Waals surface area contributed by atoms with E-state index < -0.39 is 12.0 Å². The van der Waals surface area contributed by atoms with Gasteiger partial charge < -0.3 is 14.9 Å². The average Bonchev–Trinajstić information content (AvgIpc) is 2.46. The molecule has 1 aliphatic rings. The summed E-state index contributed by atoms with van der Waals surface area (Å²) in [5.41, 5.74) is 0.501. The van der Waals surface area contributed by atoms with Crippen molar-refractivity contribution in [1.29, 1.82) is 0 Å². The van der Waals surface area contributed by atoms with Crippen LogP contribution >= 0.6 is 0 Å². The van der Waals surface area contributed by atoms with Gasteiger partial charge in [0.15, 0.2) is 0 Å². The van der Waals surface area contributed by atoms with Crippen molar-refractivity contribution in [2.75, 3.05) is 25.5 Å². The molecule has 21 heavy (non-hydrogen) atoms. The second kappa shape index (κ2) is 6.11. The first-order chi connectivity index (χ1) is 9.91. The van der Waals surface area contributed by atoms with Crippen LogP contribution in [-0.4, -0.2) is 53.5 Å². The molecule has 2 heterocycles. The Labute approximate surface area is 124 Å². The smallest absolute Gasteiger partial charge is 0.326 e. The van der Waals surface area contributed by atoms with Crippen molar-refractivity contribution >= 4 is 17.7 Å². The fourth-order valence-electron chi connectivity index (χ4n) is 2.76. The average molecular weight is 291 g/mol. The largest absolute Gasteiger partial charge is 0.480 e. The number of nitrogens with zero attached hydrogens (tertiary/aromatic N) is 3. The molecule has 1 aliphatic heterocycles. The monoisotopic (exact) mass is 291 g/mol. The van der Waals surface area contributed by atoms with Gasteiger partial charge >= 0.3 is 5.97 Å². The molecule has 6 heteroatoms. The van der Waals surface area contributed by atoms with Crippen LogP contribution in [0.4, 0.5) is 5.82 Å². The van der Waals surface area contributed by atoms with Gasteiger partial charge in [-0.15, -0.1) is 0 Å². The van der Waals surface area contributed by atoms with Crippen molar-refractivity contribution < 1.29 is 14.7 Å². The summed E-state index contributed by atoms with van der Waals surface area (Å²) in [6, 6.07) is 2.87. The van der Waals surface area contributed by atoms with Gasteiger partial charge in [-0.2, -0.15) is 0 Å². The van der Waals surface area contributed by atoms with Crippen molar-refractivity contribution in [3.8, 4) is 0 Å². The van der Waals surface area contributed by atoms with E-state index in [1.807, 2.05) is 11.8 Å². The van der Waals surface area contributed by atoms with Crippen molar-refractivity contribution in [3.63, 3.8) is 0 Å². The van der Waals surface area contributed by atoms with E-state index in [1.165, 1.54) is 11.1 Å². The van der Waals surface area contributed by atoms with Gasteiger partial charge in [-0.3, -0.25) is 4.79 Å². The van der Waals surface area contributed by atoms with Crippen molar-refractivity contribution in [2.24, 2.45) is 5.92 Å². The summed E-state index contributed by atoms with van der Waals surface area (Å²) in [4.78, 5) is 30.9. The van der Waals surface area contributed by atoms with Crippen molar-refractivity contribution in [3.05, 3.63) is 23.9 Å². The van der Waals surface area contributed by atoms with E-state index in [0.29, 0.717) is 17.9 Å². The lowest BCUT2D eigenvalue weighted by atomic mass is 9.91. The number of carboxylic acids is 1. The number of anilines is 1. The minimum atomic E-state index is -0.822. The molecule has 1 N–H and O–H groups in total. The Morgan fingerprint density at radius 1 is 1.38 bits per heavy atom. The Kier molecular flexibility index (Phi) is 4.45. The maximum Gasteiger partial charge on any atom is 0.326 e. The van der Waals surface area contributed by atoms with Crippen LogP contribution in [0, 0.1) is 5.92 Å². The number of aliphatic carboxylic acids is 1. The third kappa shape index (κ3) is 3.15. The minimum absolute atomic E-state index is 0.0844. The number of carbonyl (C=O) groups excluding carboxylic acids is 1. The quantitative estimate of drug-likeness (QED) is 0.913. The zero-order valence-electron chi connectivity index (χ0n) is 12.6. The molecular formula is C15H21N3O3. The van der Waals surface area contributed by atoms with E-state index in [2.05, 4.69) is 4.98 Å². The molecule has 1 aromatic heterocycles. The molecule has 0 saturated carbocycles. The molecule has 2 unspecified atom stereocenters. The molecule has 0 spiro atoms. The number of rotatable bonds is 3. The Bertz CT molecular complexity index is 527. The van der Waals surface area contributed by atoms with Crippen LogP contribution in [0.25, 0.3) is 0 Å². The van der Waals surface area contributed by atoms with Crippen LogP contribution in [0.2, 0.25) is 0 Å². The number of hydrogen-bond donors (Lipinski definition) is 1. The van der Waals surface area contributed by atoms with E-state index in [-0.39, 0.29) is 11.8 Å². The second-order valence-corrected chi connectivity index (χ2v) is 5.70. The fraction of sp³-hybridized carbons (Fsp3) is 0.533. The van der Waals surface area contributed by atoms with Gasteiger partial charge in [-0.25, -0.2) is 9.78 Å². The molecule has 0 bridgehead atoms. The van der Waals surface area contributed by atoms with Gasteiger partial charge in [0.25, 0.3) is 5.91 Å². The van der Waals surface area contributed by atoms with Crippen LogP contribution in [0.5, 0.6) is 0 Å². The first-order valence-electron chi connectivity index (χ1n) is 7.09. The van der Waals surface area contributed by atoms with Gasteiger partial charge in [0.1, 0.15) is 11.9 Å². The summed E-state index contributed by atoms with van der Waals surface area (Å²) in [6.07, 6.45) is 3.37. The molecule has 1 aromatic rings. The van der Waals surface area contributed by atoms with E-state index in [9.17, 15) is 14.7 Å². The van der Waals surface area contributed by atoms with Crippen LogP contribution in [0.15, 0.2) is 18.3 Å². The SMILES string of the molecule is CC1CCCN(c2ccc(C(=O)N(C)C)cn2)C1C(=O)O. The molecular weight excluding hydrogens is 270 g/mol. The summed E-state index contributed by atoms with van der Waals surface area (Å²) >= 11 is 0. The molecule has 2 rings (SSSR count). The first-order valence-corrected chi connectivity index (χ1v) is 7.09. The number of pyridine rings is 1. The lowest BCUT2D eigenvalue weighted by Crippen LogP contribution is -2.49. The van der Waals surface area contributed by atoms with Crippen LogP contribution in [0.3, 0.4) is 0 Å². The highest BCUT2D eigenvalue weighted by atomic mass is 16.4. The van der Waals surface area contributed by atoms with Gasteiger partial charge in [-0.05, 0) is 30.9 Å². The zero-order chi connectivity index (χ0) is 15.6. The molecule has 1 saturated heterocycles. The predicted octanol–water partition coefficient (Wildman–Crippen LogP) is 1.47. The fourth-order valence-corrected chi connectivity index (χ4v) is 2.76. The summed E-state index contributed by atoms with van der Waals surface area (Å²) in [5, 5.41) is 9.43. The van der Waals surface area contributed by atoms with Gasteiger partial charge in [-0.1, -0.05) is 6.92 Å². The normalized spacial score (nSPS) is 22.0. The van der Waals surface area contributed by atoms with Crippen molar-refractivity contribution in [1.82, 2.24) is 9.88 Å². The lowest BCUT2D eigenvalue weighted by Gasteiger charge is -2.38. The molecule has 2 atom stereocenters. The molecule has 0 radical (unpaired) electrons. The number of carbonyl (C=O) groups is 2.